The maximum absolute atomic E-state index is 6.26. The molecule has 1 aliphatic carbocycles. The molecule has 5 nitrogen and oxygen atoms in total. The zero-order chi connectivity index (χ0) is 38.3. The van der Waals surface area contributed by atoms with E-state index in [1.165, 1.54) is 49.3 Å². The third kappa shape index (κ3) is 4.04. The van der Waals surface area contributed by atoms with Gasteiger partial charge in [0.25, 0.3) is 0 Å². The first-order valence-corrected chi connectivity index (χ1v) is 19.9. The lowest BCUT2D eigenvalue weighted by molar-refractivity contribution is 0.667. The van der Waals surface area contributed by atoms with Crippen molar-refractivity contribution in [3.63, 3.8) is 0 Å². The summed E-state index contributed by atoms with van der Waals surface area (Å²) in [6.45, 7) is 4.79. The molecular formula is C53H34N4O. The SMILES string of the molecule is CC1(C)c2ccccc2-c2c1c1c3ccccc3n(-c3nc(-c4ccc5oc6ccccc6c5c4)c4ccccc4n3)c1c1c3ccccc3n(-c3ccccc3)c21. The molecule has 4 aromatic heterocycles. The standard InChI is InChI=1S/C53H34N4O/c1-53(2)39-23-11-6-19-34(39)45-48(53)46-36-21-8-14-26-42(36)57(51(46)47-37-22-9-13-25-41(37)56(50(45)47)32-16-4-3-5-17-32)52-54-40-24-12-7-20-35(40)49(55-52)31-28-29-44-38(30-31)33-18-10-15-27-43(33)58-44/h3-30H,1-2H3. The highest BCUT2D eigenvalue weighted by atomic mass is 16.3. The van der Waals surface area contributed by atoms with E-state index < -0.39 is 0 Å². The Balaban J connectivity index is 1.24. The molecule has 0 radical (unpaired) electrons. The van der Waals surface area contributed by atoms with Crippen LogP contribution in [0.3, 0.4) is 0 Å². The summed E-state index contributed by atoms with van der Waals surface area (Å²) in [5, 5.41) is 8.00. The molecule has 272 valence electrons. The van der Waals surface area contributed by atoms with Crippen LogP contribution in [0.5, 0.6) is 0 Å². The van der Waals surface area contributed by atoms with Gasteiger partial charge in [-0.05, 0) is 71.3 Å². The van der Waals surface area contributed by atoms with Crippen LogP contribution in [0.1, 0.15) is 25.0 Å². The predicted octanol–water partition coefficient (Wildman–Crippen LogP) is 13.7. The van der Waals surface area contributed by atoms with Crippen LogP contribution >= 0.6 is 0 Å². The number of rotatable bonds is 3. The Labute approximate surface area is 333 Å². The smallest absolute Gasteiger partial charge is 0.235 e. The summed E-state index contributed by atoms with van der Waals surface area (Å²) >= 11 is 0. The van der Waals surface area contributed by atoms with Crippen molar-refractivity contribution in [3.8, 4) is 34.0 Å². The highest BCUT2D eigenvalue weighted by Crippen LogP contribution is 2.58. The zero-order valence-electron chi connectivity index (χ0n) is 31.9. The number of para-hydroxylation sites is 5. The second kappa shape index (κ2) is 11.3. The quantitative estimate of drug-likeness (QED) is 0.181. The number of hydrogen-bond acceptors (Lipinski definition) is 3. The van der Waals surface area contributed by atoms with Gasteiger partial charge in [0.1, 0.15) is 11.2 Å². The van der Waals surface area contributed by atoms with Gasteiger partial charge in [0.15, 0.2) is 0 Å². The van der Waals surface area contributed by atoms with Crippen molar-refractivity contribution in [2.24, 2.45) is 0 Å². The molecule has 0 bridgehead atoms. The third-order valence-electron chi connectivity index (χ3n) is 12.7. The lowest BCUT2D eigenvalue weighted by Gasteiger charge is -2.23. The van der Waals surface area contributed by atoms with Crippen molar-refractivity contribution in [2.75, 3.05) is 0 Å². The van der Waals surface area contributed by atoms with Crippen LogP contribution in [0.4, 0.5) is 0 Å². The van der Waals surface area contributed by atoms with Gasteiger partial charge in [0.2, 0.25) is 5.95 Å². The predicted molar refractivity (Wildman–Crippen MR) is 238 cm³/mol. The first-order chi connectivity index (χ1) is 28.6. The van der Waals surface area contributed by atoms with Crippen LogP contribution in [0.25, 0.3) is 110 Å². The Bertz CT molecular complexity index is 3710. The second-order valence-corrected chi connectivity index (χ2v) is 16.1. The van der Waals surface area contributed by atoms with Crippen LogP contribution < -0.4 is 0 Å². The van der Waals surface area contributed by atoms with Crippen LogP contribution in [0.15, 0.2) is 174 Å². The van der Waals surface area contributed by atoms with Crippen LogP contribution in [-0.4, -0.2) is 19.1 Å². The molecule has 0 fully saturated rings. The highest BCUT2D eigenvalue weighted by molar-refractivity contribution is 6.31. The summed E-state index contributed by atoms with van der Waals surface area (Å²) in [6, 6.07) is 60.6. The lowest BCUT2D eigenvalue weighted by atomic mass is 9.80. The van der Waals surface area contributed by atoms with E-state index in [0.29, 0.717) is 5.95 Å². The maximum Gasteiger partial charge on any atom is 0.235 e. The Hall–Kier alpha value is -7.50. The zero-order valence-corrected chi connectivity index (χ0v) is 31.9. The molecule has 12 aromatic rings. The summed E-state index contributed by atoms with van der Waals surface area (Å²) in [5.74, 6) is 0.642. The van der Waals surface area contributed by atoms with Gasteiger partial charge in [-0.15, -0.1) is 0 Å². The number of aromatic nitrogens is 4. The summed E-state index contributed by atoms with van der Waals surface area (Å²) in [4.78, 5) is 11.1. The molecule has 0 atom stereocenters. The topological polar surface area (TPSA) is 48.8 Å². The molecular weight excluding hydrogens is 709 g/mol. The third-order valence-corrected chi connectivity index (χ3v) is 12.7. The number of benzene rings is 8. The molecule has 1 aliphatic rings. The van der Waals surface area contributed by atoms with Crippen molar-refractivity contribution in [1.82, 2.24) is 19.1 Å². The fourth-order valence-electron chi connectivity index (χ4n) is 10.3. The normalized spacial score (nSPS) is 13.5. The van der Waals surface area contributed by atoms with E-state index >= 15 is 0 Å². The molecule has 13 rings (SSSR count). The first kappa shape index (κ1) is 31.7. The minimum Gasteiger partial charge on any atom is -0.456 e. The first-order valence-electron chi connectivity index (χ1n) is 19.9. The molecule has 0 saturated heterocycles. The number of fused-ring (bicyclic) bond motifs is 16. The molecule has 8 aromatic carbocycles. The Morgan fingerprint density at radius 2 is 1.14 bits per heavy atom. The van der Waals surface area contributed by atoms with Gasteiger partial charge < -0.3 is 8.98 Å². The average molecular weight is 743 g/mol. The van der Waals surface area contributed by atoms with E-state index in [2.05, 4.69) is 181 Å². The summed E-state index contributed by atoms with van der Waals surface area (Å²) in [6.07, 6.45) is 0. The molecule has 0 saturated carbocycles. The largest absolute Gasteiger partial charge is 0.456 e. The minimum atomic E-state index is -0.288. The number of nitrogens with zero attached hydrogens (tertiary/aromatic N) is 4. The molecule has 0 unspecified atom stereocenters. The van der Waals surface area contributed by atoms with E-state index in [0.717, 1.165) is 66.3 Å². The molecule has 0 aliphatic heterocycles. The maximum atomic E-state index is 6.26. The molecule has 4 heterocycles. The Morgan fingerprint density at radius 1 is 0.500 bits per heavy atom. The minimum absolute atomic E-state index is 0.288. The fraction of sp³-hybridized carbons (Fsp3) is 0.0566. The van der Waals surface area contributed by atoms with Gasteiger partial charge in [-0.3, -0.25) is 4.57 Å². The van der Waals surface area contributed by atoms with Crippen LogP contribution in [0, 0.1) is 0 Å². The van der Waals surface area contributed by atoms with Crippen LogP contribution in [0.2, 0.25) is 0 Å². The van der Waals surface area contributed by atoms with Crippen molar-refractivity contribution >= 4 is 76.5 Å². The molecule has 5 heteroatoms. The molecule has 0 amide bonds. The van der Waals surface area contributed by atoms with Gasteiger partial charge in [0.05, 0.1) is 33.3 Å². The number of hydrogen-bond donors (Lipinski definition) is 0. The van der Waals surface area contributed by atoms with E-state index in [1.54, 1.807) is 0 Å². The van der Waals surface area contributed by atoms with Crippen molar-refractivity contribution < 1.29 is 4.42 Å². The lowest BCUT2D eigenvalue weighted by Crippen LogP contribution is -2.15. The fourth-order valence-corrected chi connectivity index (χ4v) is 10.3. The van der Waals surface area contributed by atoms with Gasteiger partial charge in [0, 0.05) is 59.9 Å². The highest BCUT2D eigenvalue weighted by Gasteiger charge is 2.41. The summed E-state index contributed by atoms with van der Waals surface area (Å²) in [5.41, 5.74) is 15.2. The van der Waals surface area contributed by atoms with E-state index in [9.17, 15) is 0 Å². The van der Waals surface area contributed by atoms with Gasteiger partial charge in [-0.2, -0.15) is 0 Å². The van der Waals surface area contributed by atoms with Gasteiger partial charge in [-0.25, -0.2) is 9.97 Å². The summed E-state index contributed by atoms with van der Waals surface area (Å²) < 4.78 is 11.1. The second-order valence-electron chi connectivity index (χ2n) is 16.1. The van der Waals surface area contributed by atoms with E-state index in [-0.39, 0.29) is 5.41 Å². The van der Waals surface area contributed by atoms with Crippen molar-refractivity contribution in [2.45, 2.75) is 19.3 Å². The summed E-state index contributed by atoms with van der Waals surface area (Å²) in [7, 11) is 0. The molecule has 0 spiro atoms. The number of furan rings is 1. The Kier molecular flexibility index (Phi) is 6.17. The molecule has 58 heavy (non-hydrogen) atoms. The van der Waals surface area contributed by atoms with Crippen molar-refractivity contribution in [3.05, 3.63) is 181 Å². The van der Waals surface area contributed by atoms with E-state index in [1.807, 2.05) is 12.1 Å². The van der Waals surface area contributed by atoms with Gasteiger partial charge >= 0.3 is 0 Å². The molecule has 0 N–H and O–H groups in total. The monoisotopic (exact) mass is 742 g/mol. The Morgan fingerprint density at radius 3 is 1.97 bits per heavy atom. The van der Waals surface area contributed by atoms with Crippen LogP contribution in [-0.2, 0) is 5.41 Å². The van der Waals surface area contributed by atoms with Gasteiger partial charge in [-0.1, -0.05) is 129 Å². The van der Waals surface area contributed by atoms with E-state index in [4.69, 9.17) is 14.4 Å². The van der Waals surface area contributed by atoms with Crippen molar-refractivity contribution in [1.29, 1.82) is 0 Å². The average Bonchev–Trinajstić information content (AvgIpc) is 3.98.